The number of aromatic nitrogens is 3. The smallest absolute Gasteiger partial charge is 0.236 e. The molecule has 0 unspecified atom stereocenters. The van der Waals surface area contributed by atoms with Crippen molar-refractivity contribution in [2.45, 2.75) is 11.9 Å². The largest absolute Gasteiger partial charge is 0.496 e. The third-order valence-electron chi connectivity index (χ3n) is 3.24. The summed E-state index contributed by atoms with van der Waals surface area (Å²) in [6.07, 6.45) is 0. The van der Waals surface area contributed by atoms with Crippen LogP contribution in [-0.2, 0) is 4.79 Å². The first-order chi connectivity index (χ1) is 12.2. The summed E-state index contributed by atoms with van der Waals surface area (Å²) in [4.78, 5) is 16.1. The SMILES string of the molecule is COc1ccccc1-c1ccc(SCC(=O)Nc2nc(C)cs2)nn1. The Hall–Kier alpha value is -2.45. The lowest BCUT2D eigenvalue weighted by atomic mass is 10.1. The van der Waals surface area contributed by atoms with Crippen LogP contribution in [0.15, 0.2) is 46.8 Å². The van der Waals surface area contributed by atoms with E-state index in [0.717, 1.165) is 22.7 Å². The van der Waals surface area contributed by atoms with E-state index in [9.17, 15) is 4.79 Å². The number of carbonyl (C=O) groups excluding carboxylic acids is 1. The Morgan fingerprint density at radius 1 is 1.24 bits per heavy atom. The first-order valence-electron chi connectivity index (χ1n) is 7.47. The van der Waals surface area contributed by atoms with Crippen molar-refractivity contribution < 1.29 is 9.53 Å². The molecular formula is C17H16N4O2S2. The van der Waals surface area contributed by atoms with Crippen molar-refractivity contribution in [1.29, 1.82) is 0 Å². The van der Waals surface area contributed by atoms with Gasteiger partial charge in [-0.2, -0.15) is 0 Å². The highest BCUT2D eigenvalue weighted by Crippen LogP contribution is 2.28. The van der Waals surface area contributed by atoms with E-state index in [1.807, 2.05) is 48.7 Å². The monoisotopic (exact) mass is 372 g/mol. The highest BCUT2D eigenvalue weighted by molar-refractivity contribution is 7.99. The van der Waals surface area contributed by atoms with Crippen LogP contribution in [0.5, 0.6) is 5.75 Å². The fraction of sp³-hybridized carbons (Fsp3) is 0.176. The fourth-order valence-electron chi connectivity index (χ4n) is 2.10. The number of benzene rings is 1. The van der Waals surface area contributed by atoms with Crippen LogP contribution >= 0.6 is 23.1 Å². The molecule has 1 amide bonds. The maximum atomic E-state index is 11.9. The molecule has 0 aliphatic carbocycles. The highest BCUT2D eigenvalue weighted by Gasteiger charge is 2.09. The van der Waals surface area contributed by atoms with Gasteiger partial charge in [-0.3, -0.25) is 4.79 Å². The van der Waals surface area contributed by atoms with E-state index in [1.54, 1.807) is 7.11 Å². The molecule has 0 radical (unpaired) electrons. The van der Waals surface area contributed by atoms with Gasteiger partial charge in [-0.25, -0.2) is 4.98 Å². The van der Waals surface area contributed by atoms with Crippen LogP contribution in [-0.4, -0.2) is 34.0 Å². The summed E-state index contributed by atoms with van der Waals surface area (Å²) in [5, 5.41) is 14.4. The molecule has 8 heteroatoms. The molecular weight excluding hydrogens is 356 g/mol. The van der Waals surface area contributed by atoms with E-state index in [2.05, 4.69) is 20.5 Å². The third-order valence-corrected chi connectivity index (χ3v) is 5.04. The highest BCUT2D eigenvalue weighted by atomic mass is 32.2. The summed E-state index contributed by atoms with van der Waals surface area (Å²) in [6.45, 7) is 1.89. The van der Waals surface area contributed by atoms with Crippen LogP contribution in [0.4, 0.5) is 5.13 Å². The Labute approximate surface area is 153 Å². The summed E-state index contributed by atoms with van der Waals surface area (Å²) in [7, 11) is 1.62. The van der Waals surface area contributed by atoms with Gasteiger partial charge in [0.2, 0.25) is 5.91 Å². The molecule has 1 aromatic carbocycles. The zero-order chi connectivity index (χ0) is 17.6. The average Bonchev–Trinajstić information content (AvgIpc) is 3.05. The molecule has 0 aliphatic heterocycles. The van der Waals surface area contributed by atoms with E-state index >= 15 is 0 Å². The number of hydrogen-bond acceptors (Lipinski definition) is 7. The van der Waals surface area contributed by atoms with Crippen LogP contribution in [0.1, 0.15) is 5.69 Å². The predicted molar refractivity (Wildman–Crippen MR) is 100 cm³/mol. The number of nitrogens with zero attached hydrogens (tertiary/aromatic N) is 3. The molecule has 0 saturated heterocycles. The molecule has 1 N–H and O–H groups in total. The molecule has 0 spiro atoms. The van der Waals surface area contributed by atoms with Gasteiger partial charge >= 0.3 is 0 Å². The molecule has 0 saturated carbocycles. The normalized spacial score (nSPS) is 10.5. The number of aryl methyl sites for hydroxylation is 1. The Bertz CT molecular complexity index is 865. The second-order valence-corrected chi connectivity index (χ2v) is 6.94. The molecule has 0 bridgehead atoms. The molecule has 2 heterocycles. The van der Waals surface area contributed by atoms with Crippen LogP contribution in [0.2, 0.25) is 0 Å². The third kappa shape index (κ3) is 4.55. The molecule has 3 aromatic rings. The van der Waals surface area contributed by atoms with Crippen LogP contribution in [0, 0.1) is 6.92 Å². The first kappa shape index (κ1) is 17.4. The summed E-state index contributed by atoms with van der Waals surface area (Å²) in [5.74, 6) is 0.881. The Balaban J connectivity index is 1.60. The number of nitrogens with one attached hydrogen (secondary N) is 1. The summed E-state index contributed by atoms with van der Waals surface area (Å²) < 4.78 is 5.34. The van der Waals surface area contributed by atoms with Gasteiger partial charge in [0.25, 0.3) is 0 Å². The topological polar surface area (TPSA) is 77.0 Å². The number of methoxy groups -OCH3 is 1. The summed E-state index contributed by atoms with van der Waals surface area (Å²) >= 11 is 2.74. The lowest BCUT2D eigenvalue weighted by molar-refractivity contribution is -0.113. The molecule has 0 atom stereocenters. The van der Waals surface area contributed by atoms with Gasteiger partial charge in [-0.15, -0.1) is 21.5 Å². The van der Waals surface area contributed by atoms with E-state index in [4.69, 9.17) is 4.74 Å². The number of carbonyl (C=O) groups is 1. The van der Waals surface area contributed by atoms with Crippen LogP contribution in [0.3, 0.4) is 0 Å². The number of anilines is 1. The van der Waals surface area contributed by atoms with Crippen molar-refractivity contribution in [3.8, 4) is 17.0 Å². The first-order valence-corrected chi connectivity index (χ1v) is 9.34. The van der Waals surface area contributed by atoms with Crippen LogP contribution in [0.25, 0.3) is 11.3 Å². The van der Waals surface area contributed by atoms with Gasteiger partial charge in [0.1, 0.15) is 10.8 Å². The molecule has 2 aromatic heterocycles. The van der Waals surface area contributed by atoms with E-state index in [-0.39, 0.29) is 11.7 Å². The maximum Gasteiger partial charge on any atom is 0.236 e. The Morgan fingerprint density at radius 3 is 2.76 bits per heavy atom. The Morgan fingerprint density at radius 2 is 2.08 bits per heavy atom. The number of thioether (sulfide) groups is 1. The summed E-state index contributed by atoms with van der Waals surface area (Å²) in [6, 6.07) is 11.4. The molecule has 25 heavy (non-hydrogen) atoms. The van der Waals surface area contributed by atoms with Crippen molar-refractivity contribution >= 4 is 34.1 Å². The minimum atomic E-state index is -0.116. The number of para-hydroxylation sites is 1. The lowest BCUT2D eigenvalue weighted by Gasteiger charge is -2.07. The van der Waals surface area contributed by atoms with Crippen molar-refractivity contribution in [3.05, 3.63) is 47.5 Å². The maximum absolute atomic E-state index is 11.9. The molecule has 6 nitrogen and oxygen atoms in total. The number of rotatable bonds is 6. The number of amides is 1. The lowest BCUT2D eigenvalue weighted by Crippen LogP contribution is -2.14. The van der Waals surface area contributed by atoms with Crippen molar-refractivity contribution in [1.82, 2.24) is 15.2 Å². The van der Waals surface area contributed by atoms with Gasteiger partial charge in [0.05, 0.1) is 24.3 Å². The minimum Gasteiger partial charge on any atom is -0.496 e. The fourth-order valence-corrected chi connectivity index (χ4v) is 3.42. The number of hydrogen-bond donors (Lipinski definition) is 1. The van der Waals surface area contributed by atoms with E-state index < -0.39 is 0 Å². The van der Waals surface area contributed by atoms with Gasteiger partial charge < -0.3 is 10.1 Å². The molecule has 128 valence electrons. The second kappa shape index (κ2) is 8.09. The van der Waals surface area contributed by atoms with E-state index in [0.29, 0.717) is 10.2 Å². The summed E-state index contributed by atoms with van der Waals surface area (Å²) in [5.41, 5.74) is 2.50. The zero-order valence-electron chi connectivity index (χ0n) is 13.7. The Kier molecular flexibility index (Phi) is 5.62. The van der Waals surface area contributed by atoms with Crippen LogP contribution < -0.4 is 10.1 Å². The minimum absolute atomic E-state index is 0.116. The zero-order valence-corrected chi connectivity index (χ0v) is 15.4. The van der Waals surface area contributed by atoms with Crippen molar-refractivity contribution in [3.63, 3.8) is 0 Å². The van der Waals surface area contributed by atoms with Gasteiger partial charge in [-0.05, 0) is 31.2 Å². The number of thiazole rings is 1. The molecule has 0 aliphatic rings. The van der Waals surface area contributed by atoms with Gasteiger partial charge in [0, 0.05) is 10.9 Å². The molecule has 0 fully saturated rings. The predicted octanol–water partition coefficient (Wildman–Crippen LogP) is 3.65. The number of ether oxygens (including phenoxy) is 1. The van der Waals surface area contributed by atoms with Gasteiger partial charge in [0.15, 0.2) is 5.13 Å². The van der Waals surface area contributed by atoms with Gasteiger partial charge in [-0.1, -0.05) is 23.9 Å². The van der Waals surface area contributed by atoms with Crippen molar-refractivity contribution in [2.75, 3.05) is 18.2 Å². The molecule has 3 rings (SSSR count). The second-order valence-electron chi connectivity index (χ2n) is 5.09. The van der Waals surface area contributed by atoms with Crippen molar-refractivity contribution in [2.24, 2.45) is 0 Å². The average molecular weight is 372 g/mol. The quantitative estimate of drug-likeness (QED) is 0.666. The standard InChI is InChI=1S/C17H16N4O2S2/c1-11-9-25-17(18-11)19-15(22)10-24-16-8-7-13(20-21-16)12-5-3-4-6-14(12)23-2/h3-9H,10H2,1-2H3,(H,18,19,22). The van der Waals surface area contributed by atoms with E-state index in [1.165, 1.54) is 23.1 Å².